The van der Waals surface area contributed by atoms with Crippen molar-refractivity contribution >= 4 is 17.6 Å². The molecule has 27 heavy (non-hydrogen) atoms. The van der Waals surface area contributed by atoms with E-state index in [0.29, 0.717) is 19.6 Å². The van der Waals surface area contributed by atoms with Gasteiger partial charge >= 0.3 is 6.03 Å². The normalized spacial score (nSPS) is 23.3. The molecule has 1 saturated carbocycles. The number of hydrogen-bond acceptors (Lipinski definition) is 3. The number of amides is 3. The molecule has 4 rings (SSSR count). The third kappa shape index (κ3) is 3.79. The predicted octanol–water partition coefficient (Wildman–Crippen LogP) is 2.95. The maximum Gasteiger partial charge on any atom is 0.321 e. The Hall–Kier alpha value is -2.89. The first-order chi connectivity index (χ1) is 13.1. The van der Waals surface area contributed by atoms with Crippen molar-refractivity contribution in [3.63, 3.8) is 0 Å². The van der Waals surface area contributed by atoms with Crippen molar-refractivity contribution in [1.29, 1.82) is 0 Å². The molecule has 0 unspecified atom stereocenters. The summed E-state index contributed by atoms with van der Waals surface area (Å²) in [7, 11) is 0. The van der Waals surface area contributed by atoms with E-state index in [-0.39, 0.29) is 23.3 Å². The van der Waals surface area contributed by atoms with E-state index < -0.39 is 0 Å². The van der Waals surface area contributed by atoms with Gasteiger partial charge in [-0.3, -0.25) is 9.78 Å². The molecule has 0 bridgehead atoms. The van der Waals surface area contributed by atoms with Crippen molar-refractivity contribution in [1.82, 2.24) is 15.2 Å². The fourth-order valence-electron chi connectivity index (χ4n) is 3.98. The van der Waals surface area contributed by atoms with E-state index in [2.05, 4.69) is 15.6 Å². The highest BCUT2D eigenvalue weighted by Gasteiger charge is 2.61. The number of carbonyl (C=O) groups excluding carboxylic acids is 2. The fraction of sp³-hybridized carbons (Fsp3) is 0.381. The van der Waals surface area contributed by atoms with Crippen LogP contribution in [-0.4, -0.2) is 34.9 Å². The average Bonchev–Trinajstić information content (AvgIpc) is 3.20. The second kappa shape index (κ2) is 7.02. The van der Waals surface area contributed by atoms with Crippen molar-refractivity contribution in [2.75, 3.05) is 18.4 Å². The summed E-state index contributed by atoms with van der Waals surface area (Å²) in [6.07, 6.45) is 5.23. The summed E-state index contributed by atoms with van der Waals surface area (Å²) in [4.78, 5) is 30.9. The van der Waals surface area contributed by atoms with Crippen LogP contribution in [0.25, 0.3) is 0 Å². The molecule has 1 aromatic heterocycles. The van der Waals surface area contributed by atoms with E-state index in [9.17, 15) is 9.59 Å². The summed E-state index contributed by atoms with van der Waals surface area (Å²) in [5.41, 5.74) is 2.87. The van der Waals surface area contributed by atoms with Crippen LogP contribution in [0.4, 0.5) is 10.5 Å². The van der Waals surface area contributed by atoms with Gasteiger partial charge in [-0.15, -0.1) is 0 Å². The zero-order valence-electron chi connectivity index (χ0n) is 15.4. The number of nitrogens with one attached hydrogen (secondary N) is 2. The molecule has 140 valence electrons. The number of benzene rings is 1. The largest absolute Gasteiger partial charge is 0.352 e. The van der Waals surface area contributed by atoms with Gasteiger partial charge in [0.05, 0.1) is 0 Å². The van der Waals surface area contributed by atoms with E-state index in [1.54, 1.807) is 12.4 Å². The highest BCUT2D eigenvalue weighted by Crippen LogP contribution is 2.58. The Morgan fingerprint density at radius 2 is 2.19 bits per heavy atom. The summed E-state index contributed by atoms with van der Waals surface area (Å²) < 4.78 is 0. The van der Waals surface area contributed by atoms with Crippen LogP contribution in [-0.2, 0) is 11.3 Å². The maximum atomic E-state index is 12.5. The number of aryl methyl sites for hydroxylation is 1. The molecular weight excluding hydrogens is 340 g/mol. The Morgan fingerprint density at radius 1 is 1.30 bits per heavy atom. The minimum absolute atomic E-state index is 0.00550. The molecule has 3 amide bonds. The maximum absolute atomic E-state index is 12.5. The molecular formula is C21H24N4O2. The number of anilines is 1. The van der Waals surface area contributed by atoms with Gasteiger partial charge in [0.2, 0.25) is 5.91 Å². The molecule has 2 heterocycles. The van der Waals surface area contributed by atoms with Crippen LogP contribution in [0.15, 0.2) is 48.8 Å². The lowest BCUT2D eigenvalue weighted by Crippen LogP contribution is -2.34. The van der Waals surface area contributed by atoms with E-state index >= 15 is 0 Å². The number of nitrogens with zero attached hydrogens (tertiary/aromatic N) is 2. The summed E-state index contributed by atoms with van der Waals surface area (Å²) in [5.74, 6) is 0.0886. The van der Waals surface area contributed by atoms with E-state index in [0.717, 1.165) is 29.7 Å². The van der Waals surface area contributed by atoms with Gasteiger partial charge in [-0.2, -0.15) is 0 Å². The highest BCUT2D eigenvalue weighted by molar-refractivity contribution is 5.90. The molecule has 2 aliphatic rings. The molecule has 2 N–H and O–H groups in total. The SMILES string of the molecule is Cc1cccc(NC(=O)N2CC[C@@]3(C[C@@H]3C(=O)NCc3cccnc3)C2)c1. The smallest absolute Gasteiger partial charge is 0.321 e. The van der Waals surface area contributed by atoms with Crippen LogP contribution in [0.5, 0.6) is 0 Å². The average molecular weight is 364 g/mol. The number of urea groups is 1. The van der Waals surface area contributed by atoms with Gasteiger partial charge in [0.25, 0.3) is 0 Å². The number of pyridine rings is 1. The van der Waals surface area contributed by atoms with Crippen molar-refractivity contribution in [2.45, 2.75) is 26.3 Å². The minimum Gasteiger partial charge on any atom is -0.352 e. The molecule has 0 radical (unpaired) electrons. The second-order valence-corrected chi connectivity index (χ2v) is 7.67. The lowest BCUT2D eigenvalue weighted by molar-refractivity contribution is -0.123. The Labute approximate surface area is 159 Å². The van der Waals surface area contributed by atoms with Gasteiger partial charge in [0.1, 0.15) is 0 Å². The fourth-order valence-corrected chi connectivity index (χ4v) is 3.98. The summed E-state index contributed by atoms with van der Waals surface area (Å²) >= 11 is 0. The van der Waals surface area contributed by atoms with Crippen molar-refractivity contribution in [3.8, 4) is 0 Å². The van der Waals surface area contributed by atoms with Gasteiger partial charge in [-0.05, 0) is 49.1 Å². The first kappa shape index (κ1) is 17.5. The molecule has 6 nitrogen and oxygen atoms in total. The number of likely N-dealkylation sites (tertiary alicyclic amines) is 1. The van der Waals surface area contributed by atoms with Crippen molar-refractivity contribution in [3.05, 3.63) is 59.9 Å². The lowest BCUT2D eigenvalue weighted by atomic mass is 10.0. The first-order valence-electron chi connectivity index (χ1n) is 9.35. The van der Waals surface area contributed by atoms with Crippen LogP contribution < -0.4 is 10.6 Å². The molecule has 2 fully saturated rings. The Morgan fingerprint density at radius 3 is 2.96 bits per heavy atom. The molecule has 1 aliphatic heterocycles. The number of rotatable bonds is 4. The van der Waals surface area contributed by atoms with Crippen LogP contribution in [0, 0.1) is 18.3 Å². The van der Waals surface area contributed by atoms with E-state index in [1.807, 2.05) is 48.2 Å². The topological polar surface area (TPSA) is 74.3 Å². The summed E-state index contributed by atoms with van der Waals surface area (Å²) in [6.45, 7) is 3.84. The van der Waals surface area contributed by atoms with Gasteiger partial charge < -0.3 is 15.5 Å². The molecule has 1 aromatic carbocycles. The van der Waals surface area contributed by atoms with Gasteiger partial charge in [0.15, 0.2) is 0 Å². The van der Waals surface area contributed by atoms with E-state index in [1.165, 1.54) is 0 Å². The summed E-state index contributed by atoms with van der Waals surface area (Å²) in [6, 6.07) is 11.5. The molecule has 1 aliphatic carbocycles. The quantitative estimate of drug-likeness (QED) is 0.876. The standard InChI is InChI=1S/C21H24N4O2/c1-15-4-2-6-17(10-15)24-20(27)25-9-7-21(14-25)11-18(21)19(26)23-13-16-5-3-8-22-12-16/h2-6,8,10,12,18H,7,9,11,13-14H2,1H3,(H,23,26)(H,24,27)/t18-,21-/m1/s1. The first-order valence-corrected chi connectivity index (χ1v) is 9.35. The van der Waals surface area contributed by atoms with Crippen LogP contribution in [0.3, 0.4) is 0 Å². The van der Waals surface area contributed by atoms with Crippen LogP contribution in [0.2, 0.25) is 0 Å². The predicted molar refractivity (Wildman–Crippen MR) is 103 cm³/mol. The zero-order chi connectivity index (χ0) is 18.9. The number of hydrogen-bond donors (Lipinski definition) is 2. The van der Waals surface area contributed by atoms with Gasteiger partial charge in [0, 0.05) is 49.0 Å². The van der Waals surface area contributed by atoms with Crippen LogP contribution >= 0.6 is 0 Å². The molecule has 1 saturated heterocycles. The van der Waals surface area contributed by atoms with Gasteiger partial charge in [-0.1, -0.05) is 18.2 Å². The monoisotopic (exact) mass is 364 g/mol. The Balaban J connectivity index is 1.29. The van der Waals surface area contributed by atoms with Crippen LogP contribution in [0.1, 0.15) is 24.0 Å². The van der Waals surface area contributed by atoms with Crippen molar-refractivity contribution in [2.24, 2.45) is 11.3 Å². The Bertz CT molecular complexity index is 854. The lowest BCUT2D eigenvalue weighted by Gasteiger charge is -2.18. The third-order valence-corrected chi connectivity index (χ3v) is 5.64. The van der Waals surface area contributed by atoms with E-state index in [4.69, 9.17) is 0 Å². The molecule has 6 heteroatoms. The number of carbonyl (C=O) groups is 2. The summed E-state index contributed by atoms with van der Waals surface area (Å²) in [5, 5.41) is 5.96. The second-order valence-electron chi connectivity index (χ2n) is 7.67. The van der Waals surface area contributed by atoms with Crippen molar-refractivity contribution < 1.29 is 9.59 Å². The molecule has 1 spiro atoms. The van der Waals surface area contributed by atoms with Gasteiger partial charge in [-0.25, -0.2) is 4.79 Å². The molecule has 2 atom stereocenters. The molecule has 2 aromatic rings. The Kier molecular flexibility index (Phi) is 4.56. The third-order valence-electron chi connectivity index (χ3n) is 5.64. The zero-order valence-corrected chi connectivity index (χ0v) is 15.4. The number of aromatic nitrogens is 1. The minimum atomic E-state index is -0.0844. The highest BCUT2D eigenvalue weighted by atomic mass is 16.2.